The van der Waals surface area contributed by atoms with E-state index in [9.17, 15) is 14.9 Å². The first kappa shape index (κ1) is 25.0. The average molecular weight is 506 g/mol. The zero-order chi connectivity index (χ0) is 25.8. The van der Waals surface area contributed by atoms with Crippen molar-refractivity contribution in [2.45, 2.75) is 12.5 Å². The summed E-state index contributed by atoms with van der Waals surface area (Å²) in [6.45, 7) is 0.253. The number of pyridine rings is 1. The molecule has 0 aliphatic rings. The lowest BCUT2D eigenvalue weighted by Crippen LogP contribution is -2.34. The Labute approximate surface area is 212 Å². The maximum absolute atomic E-state index is 13.4. The molecule has 0 saturated carbocycles. The van der Waals surface area contributed by atoms with E-state index in [1.54, 1.807) is 28.9 Å². The van der Waals surface area contributed by atoms with Crippen molar-refractivity contribution >= 4 is 34.1 Å². The number of benzene rings is 2. The molecular weight excluding hydrogens is 482 g/mol. The van der Waals surface area contributed by atoms with E-state index in [1.165, 1.54) is 31.0 Å². The van der Waals surface area contributed by atoms with Crippen molar-refractivity contribution in [1.82, 2.24) is 14.3 Å². The fourth-order valence-corrected chi connectivity index (χ4v) is 4.23. The molecule has 2 heterocycles. The highest BCUT2D eigenvalue weighted by molar-refractivity contribution is 6.31. The summed E-state index contributed by atoms with van der Waals surface area (Å²) in [5.74, 6) is -0.0620. The molecular formula is C26H24ClN5O4. The quantitative estimate of drug-likeness (QED) is 0.385. The van der Waals surface area contributed by atoms with Crippen molar-refractivity contribution in [2.24, 2.45) is 7.05 Å². The minimum Gasteiger partial charge on any atom is -0.495 e. The molecule has 1 atom stereocenters. The number of halogens is 1. The van der Waals surface area contributed by atoms with Gasteiger partial charge in [-0.1, -0.05) is 11.6 Å². The second-order valence-corrected chi connectivity index (χ2v) is 8.60. The average Bonchev–Trinajstić information content (AvgIpc) is 3.24. The maximum atomic E-state index is 13.4. The van der Waals surface area contributed by atoms with E-state index in [4.69, 9.17) is 21.1 Å². The van der Waals surface area contributed by atoms with Gasteiger partial charge in [-0.3, -0.25) is 18.8 Å². The SMILES string of the molecule is COCC[C@@H](C(=O)Nc1ccc2nn(C)cc2c1)n1cc(OC)c(-c2cc(Cl)ccc2C#N)cc1=O. The molecule has 1 N–H and O–H groups in total. The summed E-state index contributed by atoms with van der Waals surface area (Å²) in [6.07, 6.45) is 3.58. The summed E-state index contributed by atoms with van der Waals surface area (Å²) in [5.41, 5.74) is 2.17. The number of rotatable bonds is 8. The molecule has 0 aliphatic carbocycles. The summed E-state index contributed by atoms with van der Waals surface area (Å²) in [4.78, 5) is 26.6. The minimum atomic E-state index is -0.875. The topological polar surface area (TPSA) is 111 Å². The number of carbonyl (C=O) groups is 1. The minimum absolute atomic E-state index is 0.250. The van der Waals surface area contributed by atoms with Crippen LogP contribution in [0.15, 0.2) is 59.7 Å². The third-order valence-electron chi connectivity index (χ3n) is 5.78. The first-order valence-corrected chi connectivity index (χ1v) is 11.5. The van der Waals surface area contributed by atoms with Crippen LogP contribution in [0.3, 0.4) is 0 Å². The van der Waals surface area contributed by atoms with Gasteiger partial charge in [-0.05, 0) is 36.4 Å². The van der Waals surface area contributed by atoms with E-state index in [-0.39, 0.29) is 18.9 Å². The first-order chi connectivity index (χ1) is 17.3. The fraction of sp³-hybridized carbons (Fsp3) is 0.231. The molecule has 0 fully saturated rings. The highest BCUT2D eigenvalue weighted by Gasteiger charge is 2.24. The van der Waals surface area contributed by atoms with E-state index < -0.39 is 11.6 Å². The van der Waals surface area contributed by atoms with Crippen molar-refractivity contribution in [2.75, 3.05) is 26.1 Å². The number of hydrogen-bond donors (Lipinski definition) is 1. The second-order valence-electron chi connectivity index (χ2n) is 8.17. The van der Waals surface area contributed by atoms with Gasteiger partial charge in [0, 0.05) is 66.7 Å². The van der Waals surface area contributed by atoms with Crippen molar-refractivity contribution in [1.29, 1.82) is 5.26 Å². The zero-order valence-electron chi connectivity index (χ0n) is 20.0. The van der Waals surface area contributed by atoms with Crippen LogP contribution in [0.25, 0.3) is 22.0 Å². The number of nitrogens with one attached hydrogen (secondary N) is 1. The van der Waals surface area contributed by atoms with Crippen molar-refractivity contribution in [3.05, 3.63) is 75.8 Å². The smallest absolute Gasteiger partial charge is 0.252 e. The molecule has 0 bridgehead atoms. The van der Waals surface area contributed by atoms with Crippen LogP contribution in [0, 0.1) is 11.3 Å². The zero-order valence-corrected chi connectivity index (χ0v) is 20.7. The molecule has 1 amide bonds. The van der Waals surface area contributed by atoms with Gasteiger partial charge in [-0.15, -0.1) is 0 Å². The second kappa shape index (κ2) is 10.6. The molecule has 0 saturated heterocycles. The van der Waals surface area contributed by atoms with Crippen molar-refractivity contribution in [3.63, 3.8) is 0 Å². The van der Waals surface area contributed by atoms with Gasteiger partial charge in [-0.2, -0.15) is 10.4 Å². The van der Waals surface area contributed by atoms with Gasteiger partial charge >= 0.3 is 0 Å². The van der Waals surface area contributed by atoms with Crippen LogP contribution in [-0.4, -0.2) is 41.1 Å². The molecule has 0 spiro atoms. The number of methoxy groups -OCH3 is 2. The predicted octanol–water partition coefficient (Wildman–Crippen LogP) is 4.15. The van der Waals surface area contributed by atoms with Crippen LogP contribution in [-0.2, 0) is 16.6 Å². The molecule has 9 nitrogen and oxygen atoms in total. The Morgan fingerprint density at radius 2 is 1.97 bits per heavy atom. The molecule has 4 rings (SSSR count). The molecule has 10 heteroatoms. The van der Waals surface area contributed by atoms with Crippen LogP contribution in [0.2, 0.25) is 5.02 Å². The molecule has 0 radical (unpaired) electrons. The highest BCUT2D eigenvalue weighted by Crippen LogP contribution is 2.33. The van der Waals surface area contributed by atoms with Crippen LogP contribution in [0.4, 0.5) is 5.69 Å². The monoisotopic (exact) mass is 505 g/mol. The number of amides is 1. The fourth-order valence-electron chi connectivity index (χ4n) is 4.06. The van der Waals surface area contributed by atoms with E-state index in [0.717, 1.165) is 10.9 Å². The summed E-state index contributed by atoms with van der Waals surface area (Å²) in [7, 11) is 4.81. The number of anilines is 1. The number of nitriles is 1. The van der Waals surface area contributed by atoms with Crippen LogP contribution in [0.1, 0.15) is 18.0 Å². The third-order valence-corrected chi connectivity index (χ3v) is 6.01. The predicted molar refractivity (Wildman–Crippen MR) is 137 cm³/mol. The molecule has 0 aliphatic heterocycles. The van der Waals surface area contributed by atoms with E-state index >= 15 is 0 Å². The van der Waals surface area contributed by atoms with E-state index in [1.807, 2.05) is 25.4 Å². The molecule has 4 aromatic rings. The lowest BCUT2D eigenvalue weighted by Gasteiger charge is -2.21. The molecule has 2 aromatic carbocycles. The number of carbonyl (C=O) groups excluding carboxylic acids is 1. The standard InChI is InChI=1S/C26H24ClN5O4/c1-31-14-17-10-19(6-7-22(17)30-31)29-26(34)23(8-9-35-2)32-15-24(36-3)21(12-25(32)33)20-11-18(27)5-4-16(20)13-28/h4-7,10-12,14-15,23H,8-9H2,1-3H3,(H,29,34)/t23-/m0/s1. The Morgan fingerprint density at radius 1 is 1.17 bits per heavy atom. The number of ether oxygens (including phenoxy) is 2. The summed E-state index contributed by atoms with van der Waals surface area (Å²) < 4.78 is 13.8. The lowest BCUT2D eigenvalue weighted by molar-refractivity contribution is -0.119. The number of aromatic nitrogens is 3. The molecule has 36 heavy (non-hydrogen) atoms. The Kier molecular flexibility index (Phi) is 7.38. The van der Waals surface area contributed by atoms with Gasteiger partial charge in [0.25, 0.3) is 5.56 Å². The normalized spacial score (nSPS) is 11.8. The van der Waals surface area contributed by atoms with Gasteiger partial charge in [-0.25, -0.2) is 0 Å². The van der Waals surface area contributed by atoms with Gasteiger partial charge < -0.3 is 14.8 Å². The Hall–Kier alpha value is -4.13. The lowest BCUT2D eigenvalue weighted by atomic mass is 10.00. The number of hydrogen-bond acceptors (Lipinski definition) is 6. The van der Waals surface area contributed by atoms with Crippen molar-refractivity contribution in [3.8, 4) is 22.9 Å². The largest absolute Gasteiger partial charge is 0.495 e. The van der Waals surface area contributed by atoms with E-state index in [0.29, 0.717) is 33.1 Å². The van der Waals surface area contributed by atoms with Gasteiger partial charge in [0.05, 0.1) is 30.5 Å². The van der Waals surface area contributed by atoms with Gasteiger partial charge in [0.15, 0.2) is 0 Å². The van der Waals surface area contributed by atoms with E-state index in [2.05, 4.69) is 16.5 Å². The molecule has 2 aromatic heterocycles. The first-order valence-electron chi connectivity index (χ1n) is 11.1. The number of nitrogens with zero attached hydrogens (tertiary/aromatic N) is 4. The van der Waals surface area contributed by atoms with Crippen LogP contribution in [0.5, 0.6) is 5.75 Å². The number of aryl methyl sites for hydroxylation is 1. The van der Waals surface area contributed by atoms with Gasteiger partial charge in [0.1, 0.15) is 11.8 Å². The summed E-state index contributed by atoms with van der Waals surface area (Å²) in [5, 5.41) is 18.1. The maximum Gasteiger partial charge on any atom is 0.252 e. The Morgan fingerprint density at radius 3 is 2.69 bits per heavy atom. The third kappa shape index (κ3) is 5.10. The van der Waals surface area contributed by atoms with Gasteiger partial charge in [0.2, 0.25) is 5.91 Å². The summed E-state index contributed by atoms with van der Waals surface area (Å²) >= 11 is 6.15. The molecule has 0 unspecified atom stereocenters. The Balaban J connectivity index is 1.73. The Bertz CT molecular complexity index is 1540. The summed E-state index contributed by atoms with van der Waals surface area (Å²) in [6, 6.07) is 12.8. The van der Waals surface area contributed by atoms with Crippen LogP contribution >= 0.6 is 11.6 Å². The number of fused-ring (bicyclic) bond motifs is 1. The highest BCUT2D eigenvalue weighted by atomic mass is 35.5. The van der Waals surface area contributed by atoms with Crippen LogP contribution < -0.4 is 15.6 Å². The van der Waals surface area contributed by atoms with Crippen molar-refractivity contribution < 1.29 is 14.3 Å². The molecule has 184 valence electrons.